The summed E-state index contributed by atoms with van der Waals surface area (Å²) in [4.78, 5) is 43.1. The molecule has 2 N–H and O–H groups in total. The van der Waals surface area contributed by atoms with E-state index in [0.717, 1.165) is 24.2 Å². The average molecular weight is 498 g/mol. The first-order chi connectivity index (χ1) is 17.1. The first-order valence-electron chi connectivity index (χ1n) is 12.8. The summed E-state index contributed by atoms with van der Waals surface area (Å²) in [6.07, 6.45) is 1.63. The second-order valence-corrected chi connectivity index (χ2v) is 9.79. The second-order valence-electron chi connectivity index (χ2n) is 9.79. The number of benzene rings is 1. The Bertz CT molecular complexity index is 1070. The Labute approximate surface area is 213 Å². The number of carbonyl (C=O) groups is 3. The molecule has 196 valence electrons. The number of hydrogen-bond donors (Lipinski definition) is 2. The van der Waals surface area contributed by atoms with Crippen molar-refractivity contribution < 1.29 is 23.9 Å². The summed E-state index contributed by atoms with van der Waals surface area (Å²) in [5, 5.41) is 3.04. The monoisotopic (exact) mass is 497 g/mol. The third kappa shape index (κ3) is 6.47. The van der Waals surface area contributed by atoms with Gasteiger partial charge in [-0.2, -0.15) is 0 Å². The van der Waals surface area contributed by atoms with Crippen LogP contribution in [0.4, 0.5) is 0 Å². The number of aromatic nitrogens is 1. The topological polar surface area (TPSA) is 101 Å². The Morgan fingerprint density at radius 1 is 1.08 bits per heavy atom. The fourth-order valence-corrected chi connectivity index (χ4v) is 4.76. The molecule has 8 nitrogen and oxygen atoms in total. The minimum atomic E-state index is -0.416. The van der Waals surface area contributed by atoms with Crippen LogP contribution < -0.4 is 10.1 Å². The number of nitrogens with one attached hydrogen (secondary N) is 2. The zero-order chi connectivity index (χ0) is 26.4. The number of piperidine rings is 1. The summed E-state index contributed by atoms with van der Waals surface area (Å²) >= 11 is 0. The molecule has 1 atom stereocenters. The van der Waals surface area contributed by atoms with Gasteiger partial charge in [0.05, 0.1) is 18.3 Å². The smallest absolute Gasteiger partial charge is 0.340 e. The SMILES string of the molecule is CCOC(=O)c1c(C)[nH]c(C(=O)N2CCC(C(C)C(=O)NCc3ccc(OC(C)C)cc3)CC2)c1C. The Kier molecular flexibility index (Phi) is 9.18. The van der Waals surface area contributed by atoms with Crippen molar-refractivity contribution in [2.24, 2.45) is 11.8 Å². The predicted octanol–water partition coefficient (Wildman–Crippen LogP) is 4.40. The highest BCUT2D eigenvalue weighted by molar-refractivity contribution is 6.00. The number of amides is 2. The highest BCUT2D eigenvalue weighted by Crippen LogP contribution is 2.28. The van der Waals surface area contributed by atoms with Crippen molar-refractivity contribution in [1.29, 1.82) is 0 Å². The van der Waals surface area contributed by atoms with Gasteiger partial charge in [-0.15, -0.1) is 0 Å². The van der Waals surface area contributed by atoms with Crippen LogP contribution in [0.5, 0.6) is 5.75 Å². The van der Waals surface area contributed by atoms with Gasteiger partial charge < -0.3 is 24.7 Å². The van der Waals surface area contributed by atoms with E-state index < -0.39 is 5.97 Å². The van der Waals surface area contributed by atoms with E-state index in [1.54, 1.807) is 25.7 Å². The summed E-state index contributed by atoms with van der Waals surface area (Å²) in [5.41, 5.74) is 3.14. The lowest BCUT2D eigenvalue weighted by Crippen LogP contribution is -2.42. The van der Waals surface area contributed by atoms with Crippen molar-refractivity contribution in [2.45, 2.75) is 67.0 Å². The number of rotatable bonds is 9. The molecule has 0 saturated carbocycles. The van der Waals surface area contributed by atoms with E-state index in [2.05, 4.69) is 10.3 Å². The molecule has 1 saturated heterocycles. The molecule has 0 aliphatic carbocycles. The zero-order valence-corrected chi connectivity index (χ0v) is 22.3. The zero-order valence-electron chi connectivity index (χ0n) is 22.3. The summed E-state index contributed by atoms with van der Waals surface area (Å²) in [7, 11) is 0. The second kappa shape index (κ2) is 12.1. The van der Waals surface area contributed by atoms with Gasteiger partial charge >= 0.3 is 5.97 Å². The lowest BCUT2D eigenvalue weighted by molar-refractivity contribution is -0.126. The molecule has 2 aromatic rings. The Morgan fingerprint density at radius 3 is 2.31 bits per heavy atom. The van der Waals surface area contributed by atoms with Gasteiger partial charge in [-0.05, 0) is 76.6 Å². The van der Waals surface area contributed by atoms with Crippen molar-refractivity contribution in [1.82, 2.24) is 15.2 Å². The number of esters is 1. The Hall–Kier alpha value is -3.29. The van der Waals surface area contributed by atoms with Crippen LogP contribution >= 0.6 is 0 Å². The van der Waals surface area contributed by atoms with Crippen LogP contribution in [0.1, 0.15) is 78.2 Å². The third-order valence-corrected chi connectivity index (χ3v) is 6.84. The molecule has 2 amide bonds. The van der Waals surface area contributed by atoms with Crippen LogP contribution in [0.15, 0.2) is 24.3 Å². The van der Waals surface area contributed by atoms with Gasteiger partial charge in [-0.25, -0.2) is 4.79 Å². The molecule has 1 aromatic carbocycles. The van der Waals surface area contributed by atoms with E-state index in [1.807, 2.05) is 45.0 Å². The lowest BCUT2D eigenvalue weighted by atomic mass is 9.84. The molecule has 8 heteroatoms. The average Bonchev–Trinajstić information content (AvgIpc) is 3.16. The number of ether oxygens (including phenoxy) is 2. The molecule has 1 aliphatic heterocycles. The van der Waals surface area contributed by atoms with Crippen molar-refractivity contribution in [2.75, 3.05) is 19.7 Å². The first kappa shape index (κ1) is 27.3. The van der Waals surface area contributed by atoms with Crippen molar-refractivity contribution in [3.63, 3.8) is 0 Å². The number of aromatic amines is 1. The fourth-order valence-electron chi connectivity index (χ4n) is 4.76. The van der Waals surface area contributed by atoms with E-state index in [0.29, 0.717) is 42.1 Å². The quantitative estimate of drug-likeness (QED) is 0.500. The molecular formula is C28H39N3O5. The maximum Gasteiger partial charge on any atom is 0.340 e. The number of carbonyl (C=O) groups excluding carboxylic acids is 3. The minimum absolute atomic E-state index is 0.0252. The van der Waals surface area contributed by atoms with Gasteiger partial charge in [0.15, 0.2) is 0 Å². The van der Waals surface area contributed by atoms with Crippen LogP contribution in [-0.2, 0) is 16.1 Å². The largest absolute Gasteiger partial charge is 0.491 e. The van der Waals surface area contributed by atoms with E-state index in [1.165, 1.54) is 0 Å². The van der Waals surface area contributed by atoms with Gasteiger partial charge in [0, 0.05) is 31.2 Å². The number of likely N-dealkylation sites (tertiary alicyclic amines) is 1. The maximum absolute atomic E-state index is 13.2. The molecule has 0 bridgehead atoms. The molecule has 2 heterocycles. The maximum atomic E-state index is 13.2. The molecule has 1 fully saturated rings. The van der Waals surface area contributed by atoms with Crippen LogP contribution in [0.3, 0.4) is 0 Å². The standard InChI is InChI=1S/C28H39N3O5/c1-7-35-28(34)24-19(5)25(30-20(24)6)27(33)31-14-12-22(13-15-31)18(4)26(32)29-16-21-8-10-23(11-9-21)36-17(2)3/h8-11,17-18,22,30H,7,12-16H2,1-6H3,(H,29,32). The molecule has 3 rings (SSSR count). The number of H-pyrrole nitrogens is 1. The number of hydrogen-bond acceptors (Lipinski definition) is 5. The number of nitrogens with zero attached hydrogens (tertiary/aromatic N) is 1. The normalized spacial score (nSPS) is 15.0. The minimum Gasteiger partial charge on any atom is -0.491 e. The van der Waals surface area contributed by atoms with Crippen LogP contribution in [0.2, 0.25) is 0 Å². The fraction of sp³-hybridized carbons (Fsp3) is 0.536. The van der Waals surface area contributed by atoms with Crippen LogP contribution in [0.25, 0.3) is 0 Å². The highest BCUT2D eigenvalue weighted by atomic mass is 16.5. The Morgan fingerprint density at radius 2 is 1.72 bits per heavy atom. The molecule has 1 unspecified atom stereocenters. The highest BCUT2D eigenvalue weighted by Gasteiger charge is 2.32. The van der Waals surface area contributed by atoms with Crippen LogP contribution in [0, 0.1) is 25.7 Å². The van der Waals surface area contributed by atoms with E-state index in [4.69, 9.17) is 9.47 Å². The molecule has 36 heavy (non-hydrogen) atoms. The summed E-state index contributed by atoms with van der Waals surface area (Å²) in [5.74, 6) is 0.370. The van der Waals surface area contributed by atoms with Crippen molar-refractivity contribution >= 4 is 17.8 Å². The summed E-state index contributed by atoms with van der Waals surface area (Å²) in [6, 6.07) is 7.76. The molecule has 0 spiro atoms. The molecular weight excluding hydrogens is 458 g/mol. The summed E-state index contributed by atoms with van der Waals surface area (Å²) in [6.45, 7) is 13.1. The van der Waals surface area contributed by atoms with E-state index in [9.17, 15) is 14.4 Å². The van der Waals surface area contributed by atoms with Gasteiger partial charge in [0.25, 0.3) is 5.91 Å². The van der Waals surface area contributed by atoms with Gasteiger partial charge in [0.1, 0.15) is 11.4 Å². The first-order valence-corrected chi connectivity index (χ1v) is 12.8. The predicted molar refractivity (Wildman–Crippen MR) is 138 cm³/mol. The van der Waals surface area contributed by atoms with Crippen LogP contribution in [-0.4, -0.2) is 53.5 Å². The summed E-state index contributed by atoms with van der Waals surface area (Å²) < 4.78 is 10.8. The van der Waals surface area contributed by atoms with Gasteiger partial charge in [-0.1, -0.05) is 19.1 Å². The Balaban J connectivity index is 1.51. The van der Waals surface area contributed by atoms with Gasteiger partial charge in [0.2, 0.25) is 5.91 Å². The molecule has 1 aliphatic rings. The number of aryl methyl sites for hydroxylation is 1. The van der Waals surface area contributed by atoms with Gasteiger partial charge in [-0.3, -0.25) is 9.59 Å². The molecule has 0 radical (unpaired) electrons. The van der Waals surface area contributed by atoms with E-state index >= 15 is 0 Å². The lowest BCUT2D eigenvalue weighted by Gasteiger charge is -2.34. The third-order valence-electron chi connectivity index (χ3n) is 6.84. The van der Waals surface area contributed by atoms with Crippen molar-refractivity contribution in [3.05, 3.63) is 52.3 Å². The molecule has 1 aromatic heterocycles. The van der Waals surface area contributed by atoms with Crippen molar-refractivity contribution in [3.8, 4) is 5.75 Å². The van der Waals surface area contributed by atoms with E-state index in [-0.39, 0.29) is 36.4 Å².